The van der Waals surface area contributed by atoms with Gasteiger partial charge >= 0.3 is 0 Å². The van der Waals surface area contributed by atoms with Gasteiger partial charge in [0.25, 0.3) is 5.91 Å². The minimum Gasteiger partial charge on any atom is -0.316 e. The zero-order valence-corrected chi connectivity index (χ0v) is 12.3. The van der Waals surface area contributed by atoms with Gasteiger partial charge in [-0.25, -0.2) is 4.39 Å². The number of benzene rings is 1. The number of thioether (sulfide) groups is 1. The van der Waals surface area contributed by atoms with E-state index in [2.05, 4.69) is 11.4 Å². The fourth-order valence-corrected chi connectivity index (χ4v) is 4.50. The Kier molecular flexibility index (Phi) is 3.98. The molecule has 1 N–H and O–H groups in total. The number of hydrogen-bond donors (Lipinski definition) is 1. The van der Waals surface area contributed by atoms with Crippen LogP contribution in [0.4, 0.5) is 4.39 Å². The van der Waals surface area contributed by atoms with Crippen LogP contribution < -0.4 is 5.32 Å². The van der Waals surface area contributed by atoms with Crippen LogP contribution in [-0.4, -0.2) is 11.2 Å². The van der Waals surface area contributed by atoms with Crippen LogP contribution in [0.15, 0.2) is 34.9 Å². The molecule has 2 atom stereocenters. The first kappa shape index (κ1) is 14.2. The molecule has 1 aromatic carbocycles. The first-order valence-corrected chi connectivity index (χ1v) is 7.95. The van der Waals surface area contributed by atoms with Crippen LogP contribution in [0, 0.1) is 23.1 Å². The normalized spacial score (nSPS) is 24.4. The first-order chi connectivity index (χ1) is 10.2. The smallest absolute Gasteiger partial charge is 0.259 e. The maximum atomic E-state index is 13.6. The summed E-state index contributed by atoms with van der Waals surface area (Å²) < 4.78 is 13.6. The molecule has 2 aliphatic rings. The van der Waals surface area contributed by atoms with E-state index in [1.807, 2.05) is 0 Å². The average Bonchev–Trinajstić information content (AvgIpc) is 2.84. The Bertz CT molecular complexity index is 650. The number of halogens is 1. The molecular weight excluding hydrogens is 287 g/mol. The van der Waals surface area contributed by atoms with E-state index in [0.717, 1.165) is 19.3 Å². The van der Waals surface area contributed by atoms with Gasteiger partial charge < -0.3 is 5.32 Å². The second-order valence-electron chi connectivity index (χ2n) is 5.34. The minimum atomic E-state index is -0.547. The summed E-state index contributed by atoms with van der Waals surface area (Å²) in [7, 11) is 0. The highest BCUT2D eigenvalue weighted by atomic mass is 32.2. The summed E-state index contributed by atoms with van der Waals surface area (Å²) >= 11 is 1.56. The van der Waals surface area contributed by atoms with Crippen molar-refractivity contribution in [3.63, 3.8) is 0 Å². The van der Waals surface area contributed by atoms with Crippen molar-refractivity contribution in [1.82, 2.24) is 5.32 Å². The SMILES string of the molecule is N#CC1=C(NC(=O)c2ccccc2F)SC2CCCCC12. The van der Waals surface area contributed by atoms with Gasteiger partial charge in [0.05, 0.1) is 22.2 Å². The molecule has 21 heavy (non-hydrogen) atoms. The molecule has 0 bridgehead atoms. The lowest BCUT2D eigenvalue weighted by Gasteiger charge is -2.24. The number of carbonyl (C=O) groups excluding carboxylic acids is 1. The van der Waals surface area contributed by atoms with E-state index in [1.54, 1.807) is 23.9 Å². The van der Waals surface area contributed by atoms with Crippen molar-refractivity contribution in [3.05, 3.63) is 46.2 Å². The number of rotatable bonds is 2. The summed E-state index contributed by atoms with van der Waals surface area (Å²) in [6, 6.07) is 8.11. The highest BCUT2D eigenvalue weighted by molar-refractivity contribution is 8.04. The second-order valence-corrected chi connectivity index (χ2v) is 6.59. The number of hydrogen-bond acceptors (Lipinski definition) is 3. The molecule has 108 valence electrons. The molecule has 2 unspecified atom stereocenters. The van der Waals surface area contributed by atoms with Crippen molar-refractivity contribution in [2.24, 2.45) is 5.92 Å². The highest BCUT2D eigenvalue weighted by Crippen LogP contribution is 2.47. The van der Waals surface area contributed by atoms with Gasteiger partial charge in [-0.3, -0.25) is 4.79 Å². The number of nitrogens with zero attached hydrogens (tertiary/aromatic N) is 1. The summed E-state index contributed by atoms with van der Waals surface area (Å²) in [5.74, 6) is -0.791. The second kappa shape index (κ2) is 5.90. The van der Waals surface area contributed by atoms with Gasteiger partial charge in [-0.2, -0.15) is 5.26 Å². The molecule has 1 amide bonds. The van der Waals surface area contributed by atoms with Gasteiger partial charge in [-0.15, -0.1) is 11.8 Å². The van der Waals surface area contributed by atoms with Crippen LogP contribution in [0.1, 0.15) is 36.0 Å². The fraction of sp³-hybridized carbons (Fsp3) is 0.375. The average molecular weight is 302 g/mol. The quantitative estimate of drug-likeness (QED) is 0.908. The topological polar surface area (TPSA) is 52.9 Å². The van der Waals surface area contributed by atoms with E-state index in [4.69, 9.17) is 0 Å². The lowest BCUT2D eigenvalue weighted by Crippen LogP contribution is -2.22. The minimum absolute atomic E-state index is 0.0118. The predicted octanol–water partition coefficient (Wildman–Crippen LogP) is 3.60. The van der Waals surface area contributed by atoms with Gasteiger partial charge in [0.1, 0.15) is 5.82 Å². The highest BCUT2D eigenvalue weighted by Gasteiger charge is 2.38. The fourth-order valence-electron chi connectivity index (χ4n) is 3.00. The summed E-state index contributed by atoms with van der Waals surface area (Å²) in [6.45, 7) is 0. The number of allylic oxidation sites excluding steroid dienone is 1. The van der Waals surface area contributed by atoms with Crippen LogP contribution in [-0.2, 0) is 0 Å². The van der Waals surface area contributed by atoms with E-state index in [0.29, 0.717) is 15.9 Å². The monoisotopic (exact) mass is 302 g/mol. The predicted molar refractivity (Wildman–Crippen MR) is 79.8 cm³/mol. The Morgan fingerprint density at radius 2 is 2.10 bits per heavy atom. The molecule has 0 saturated heterocycles. The molecule has 0 spiro atoms. The molecule has 1 saturated carbocycles. The van der Waals surface area contributed by atoms with Gasteiger partial charge in [-0.05, 0) is 25.0 Å². The summed E-state index contributed by atoms with van der Waals surface area (Å²) in [6.07, 6.45) is 4.36. The van der Waals surface area contributed by atoms with Crippen LogP contribution in [0.25, 0.3) is 0 Å². The molecule has 1 aliphatic carbocycles. The lowest BCUT2D eigenvalue weighted by molar-refractivity contribution is 0.0964. The van der Waals surface area contributed by atoms with E-state index in [-0.39, 0.29) is 11.5 Å². The van der Waals surface area contributed by atoms with Crippen LogP contribution in [0.3, 0.4) is 0 Å². The van der Waals surface area contributed by atoms with E-state index in [1.165, 1.54) is 18.6 Å². The van der Waals surface area contributed by atoms with Crippen molar-refractivity contribution in [2.45, 2.75) is 30.9 Å². The largest absolute Gasteiger partial charge is 0.316 e. The van der Waals surface area contributed by atoms with Crippen molar-refractivity contribution in [3.8, 4) is 6.07 Å². The molecule has 1 aromatic rings. The number of amides is 1. The molecular formula is C16H15FN2OS. The molecule has 3 rings (SSSR count). The summed E-state index contributed by atoms with van der Waals surface area (Å²) in [5.41, 5.74) is 0.673. The Hall–Kier alpha value is -1.80. The van der Waals surface area contributed by atoms with E-state index < -0.39 is 11.7 Å². The van der Waals surface area contributed by atoms with Crippen LogP contribution in [0.2, 0.25) is 0 Å². The van der Waals surface area contributed by atoms with Crippen LogP contribution >= 0.6 is 11.8 Å². The zero-order valence-electron chi connectivity index (χ0n) is 11.4. The van der Waals surface area contributed by atoms with E-state index in [9.17, 15) is 14.4 Å². The van der Waals surface area contributed by atoms with Gasteiger partial charge in [-0.1, -0.05) is 25.0 Å². The molecule has 0 aromatic heterocycles. The van der Waals surface area contributed by atoms with Gasteiger partial charge in [0, 0.05) is 11.2 Å². The maximum absolute atomic E-state index is 13.6. The van der Waals surface area contributed by atoms with Crippen molar-refractivity contribution in [1.29, 1.82) is 5.26 Å². The standard InChI is InChI=1S/C16H15FN2OS/c17-13-7-3-1-6-11(13)15(20)19-16-12(9-18)10-5-2-4-8-14(10)21-16/h1,3,6-7,10,14H,2,4-5,8H2,(H,19,20). The number of carbonyl (C=O) groups is 1. The molecule has 5 heteroatoms. The molecule has 1 aliphatic heterocycles. The van der Waals surface area contributed by atoms with Gasteiger partial charge in [0.2, 0.25) is 0 Å². The Morgan fingerprint density at radius 1 is 1.33 bits per heavy atom. The Labute approximate surface area is 127 Å². The van der Waals surface area contributed by atoms with Crippen molar-refractivity contribution >= 4 is 17.7 Å². The molecule has 1 fully saturated rings. The third-order valence-corrected chi connectivity index (χ3v) is 5.48. The number of nitriles is 1. The lowest BCUT2D eigenvalue weighted by atomic mass is 9.84. The van der Waals surface area contributed by atoms with E-state index >= 15 is 0 Å². The Morgan fingerprint density at radius 3 is 2.86 bits per heavy atom. The van der Waals surface area contributed by atoms with Crippen molar-refractivity contribution < 1.29 is 9.18 Å². The Balaban J connectivity index is 1.82. The summed E-state index contributed by atoms with van der Waals surface area (Å²) in [4.78, 5) is 12.2. The zero-order chi connectivity index (χ0) is 14.8. The number of nitrogens with one attached hydrogen (secondary N) is 1. The third-order valence-electron chi connectivity index (χ3n) is 4.05. The molecule has 3 nitrogen and oxygen atoms in total. The molecule has 1 heterocycles. The third kappa shape index (κ3) is 2.68. The summed E-state index contributed by atoms with van der Waals surface area (Å²) in [5, 5.41) is 13.1. The van der Waals surface area contributed by atoms with Crippen LogP contribution in [0.5, 0.6) is 0 Å². The molecule has 0 radical (unpaired) electrons. The maximum Gasteiger partial charge on any atom is 0.259 e. The van der Waals surface area contributed by atoms with Gasteiger partial charge in [0.15, 0.2) is 0 Å². The number of fused-ring (bicyclic) bond motifs is 1. The first-order valence-electron chi connectivity index (χ1n) is 7.07. The van der Waals surface area contributed by atoms with Crippen molar-refractivity contribution in [2.75, 3.05) is 0 Å².